The molecule has 1 aliphatic carbocycles. The minimum absolute atomic E-state index is 0.0872. The van der Waals surface area contributed by atoms with Crippen LogP contribution in [0, 0.1) is 10.8 Å². The Balaban J connectivity index is 1.96. The van der Waals surface area contributed by atoms with Crippen LogP contribution in [-0.4, -0.2) is 37.1 Å². The van der Waals surface area contributed by atoms with Crippen molar-refractivity contribution < 1.29 is 9.53 Å². The fraction of sp³-hybridized carbons (Fsp3) is 0.929. The third-order valence-electron chi connectivity index (χ3n) is 4.35. The highest BCUT2D eigenvalue weighted by Crippen LogP contribution is 2.52. The number of hydrogen-bond acceptors (Lipinski definition) is 3. The van der Waals surface area contributed by atoms with Crippen molar-refractivity contribution in [2.45, 2.75) is 52.5 Å². The molecule has 3 heteroatoms. The molecule has 1 saturated heterocycles. The lowest BCUT2D eigenvalue weighted by molar-refractivity contribution is -0.141. The molecule has 0 spiro atoms. The van der Waals surface area contributed by atoms with Gasteiger partial charge in [0.15, 0.2) is 0 Å². The average Bonchev–Trinajstić information content (AvgIpc) is 2.43. The summed E-state index contributed by atoms with van der Waals surface area (Å²) in [6.07, 6.45) is 4.41. The second-order valence-electron chi connectivity index (χ2n) is 7.01. The molecule has 0 aromatic carbocycles. The summed E-state index contributed by atoms with van der Waals surface area (Å²) in [5.41, 5.74) is 0.917. The van der Waals surface area contributed by atoms with Gasteiger partial charge in [0.2, 0.25) is 0 Å². The average molecular weight is 239 g/mol. The Morgan fingerprint density at radius 3 is 2.71 bits per heavy atom. The van der Waals surface area contributed by atoms with Crippen LogP contribution in [0.2, 0.25) is 0 Å². The second-order valence-corrected chi connectivity index (χ2v) is 7.01. The molecule has 0 amide bonds. The van der Waals surface area contributed by atoms with Crippen molar-refractivity contribution in [3.8, 4) is 0 Å². The number of ether oxygens (including phenoxy) is 1. The van der Waals surface area contributed by atoms with Gasteiger partial charge in [0, 0.05) is 19.1 Å². The molecule has 3 nitrogen and oxygen atoms in total. The Hall–Kier alpha value is -0.570. The minimum atomic E-state index is -0.0872. The highest BCUT2D eigenvalue weighted by Gasteiger charge is 2.49. The molecule has 0 N–H and O–H groups in total. The summed E-state index contributed by atoms with van der Waals surface area (Å²) in [4.78, 5) is 13.7. The van der Waals surface area contributed by atoms with E-state index in [0.29, 0.717) is 23.3 Å². The Labute approximate surface area is 105 Å². The Kier molecular flexibility index (Phi) is 3.23. The molecule has 98 valence electrons. The first kappa shape index (κ1) is 12.9. The van der Waals surface area contributed by atoms with E-state index in [4.69, 9.17) is 4.74 Å². The van der Waals surface area contributed by atoms with Crippen molar-refractivity contribution in [3.05, 3.63) is 0 Å². The van der Waals surface area contributed by atoms with E-state index in [1.807, 2.05) is 0 Å². The molecule has 0 radical (unpaired) electrons. The van der Waals surface area contributed by atoms with Crippen LogP contribution in [0.3, 0.4) is 0 Å². The van der Waals surface area contributed by atoms with E-state index in [1.54, 1.807) is 0 Å². The molecule has 0 aromatic heterocycles. The van der Waals surface area contributed by atoms with E-state index in [9.17, 15) is 4.79 Å². The van der Waals surface area contributed by atoms with Gasteiger partial charge in [-0.15, -0.1) is 0 Å². The predicted octanol–water partition coefficient (Wildman–Crippen LogP) is 2.45. The molecule has 0 aromatic rings. The summed E-state index contributed by atoms with van der Waals surface area (Å²) in [5.74, 6) is -0.0872. The van der Waals surface area contributed by atoms with E-state index in [1.165, 1.54) is 26.4 Å². The van der Waals surface area contributed by atoms with E-state index >= 15 is 0 Å². The van der Waals surface area contributed by atoms with Crippen LogP contribution in [0.25, 0.3) is 0 Å². The van der Waals surface area contributed by atoms with Crippen molar-refractivity contribution in [2.24, 2.45) is 10.8 Å². The number of carbonyl (C=O) groups is 1. The largest absolute Gasteiger partial charge is 0.469 e. The lowest BCUT2D eigenvalue weighted by Gasteiger charge is -2.39. The smallest absolute Gasteiger partial charge is 0.306 e. The molecule has 2 bridgehead atoms. The SMILES string of the molecule is COC(=O)CCN1C[C@]2(C)C[C@H]1CC(C)(C)C2. The lowest BCUT2D eigenvalue weighted by Crippen LogP contribution is -2.35. The predicted molar refractivity (Wildman–Crippen MR) is 67.7 cm³/mol. The standard InChI is InChI=1S/C14H25NO2/c1-13(2)7-11-8-14(3,9-13)10-15(11)6-5-12(16)17-4/h11H,5-10H2,1-4H3/t11-,14-/m1/s1. The van der Waals surface area contributed by atoms with Crippen molar-refractivity contribution in [1.29, 1.82) is 0 Å². The number of fused-ring (bicyclic) bond motifs is 2. The van der Waals surface area contributed by atoms with Crippen LogP contribution < -0.4 is 0 Å². The van der Waals surface area contributed by atoms with E-state index < -0.39 is 0 Å². The van der Waals surface area contributed by atoms with Crippen molar-refractivity contribution in [2.75, 3.05) is 20.2 Å². The van der Waals surface area contributed by atoms with Gasteiger partial charge in [0.1, 0.15) is 0 Å². The molecule has 1 saturated carbocycles. The van der Waals surface area contributed by atoms with Crippen LogP contribution in [0.5, 0.6) is 0 Å². The summed E-state index contributed by atoms with van der Waals surface area (Å²) in [6.45, 7) is 9.17. The van der Waals surface area contributed by atoms with Crippen LogP contribution >= 0.6 is 0 Å². The highest BCUT2D eigenvalue weighted by molar-refractivity contribution is 5.69. The first-order valence-corrected chi connectivity index (χ1v) is 6.64. The molecule has 0 unspecified atom stereocenters. The van der Waals surface area contributed by atoms with Gasteiger partial charge in [-0.1, -0.05) is 20.8 Å². The monoisotopic (exact) mass is 239 g/mol. The van der Waals surface area contributed by atoms with Crippen molar-refractivity contribution in [1.82, 2.24) is 4.90 Å². The number of likely N-dealkylation sites (tertiary alicyclic amines) is 1. The highest BCUT2D eigenvalue weighted by atomic mass is 16.5. The molecular formula is C14H25NO2. The summed E-state index contributed by atoms with van der Waals surface area (Å²) >= 11 is 0. The first-order valence-electron chi connectivity index (χ1n) is 6.64. The summed E-state index contributed by atoms with van der Waals surface area (Å²) < 4.78 is 4.72. The zero-order chi connectivity index (χ0) is 12.7. The Morgan fingerprint density at radius 1 is 1.35 bits per heavy atom. The second kappa shape index (κ2) is 4.27. The Morgan fingerprint density at radius 2 is 2.06 bits per heavy atom. The quantitative estimate of drug-likeness (QED) is 0.709. The normalized spacial score (nSPS) is 35.9. The number of rotatable bonds is 3. The third-order valence-corrected chi connectivity index (χ3v) is 4.35. The van der Waals surface area contributed by atoms with Gasteiger partial charge < -0.3 is 4.74 Å². The first-order chi connectivity index (χ1) is 7.84. The van der Waals surface area contributed by atoms with Crippen LogP contribution in [-0.2, 0) is 9.53 Å². The van der Waals surface area contributed by atoms with E-state index in [-0.39, 0.29) is 5.97 Å². The fourth-order valence-corrected chi connectivity index (χ4v) is 4.18. The Bertz CT molecular complexity index is 313. The lowest BCUT2D eigenvalue weighted by atomic mass is 9.65. The molecule has 2 rings (SSSR count). The maximum atomic E-state index is 11.2. The van der Waals surface area contributed by atoms with Gasteiger partial charge in [0.05, 0.1) is 13.5 Å². The van der Waals surface area contributed by atoms with Gasteiger partial charge >= 0.3 is 5.97 Å². The molecular weight excluding hydrogens is 214 g/mol. The minimum Gasteiger partial charge on any atom is -0.469 e. The number of nitrogens with zero attached hydrogens (tertiary/aromatic N) is 1. The van der Waals surface area contributed by atoms with Gasteiger partial charge in [-0.3, -0.25) is 9.69 Å². The molecule has 17 heavy (non-hydrogen) atoms. The van der Waals surface area contributed by atoms with Gasteiger partial charge in [0.25, 0.3) is 0 Å². The molecule has 2 aliphatic rings. The summed E-state index contributed by atoms with van der Waals surface area (Å²) in [6, 6.07) is 0.674. The van der Waals surface area contributed by atoms with Crippen LogP contribution in [0.4, 0.5) is 0 Å². The van der Waals surface area contributed by atoms with Crippen LogP contribution in [0.15, 0.2) is 0 Å². The zero-order valence-corrected chi connectivity index (χ0v) is 11.6. The van der Waals surface area contributed by atoms with Crippen LogP contribution in [0.1, 0.15) is 46.5 Å². The fourth-order valence-electron chi connectivity index (χ4n) is 4.18. The molecule has 2 atom stereocenters. The molecule has 1 heterocycles. The maximum absolute atomic E-state index is 11.2. The van der Waals surface area contributed by atoms with Gasteiger partial charge in [-0.25, -0.2) is 0 Å². The third kappa shape index (κ3) is 2.82. The summed E-state index contributed by atoms with van der Waals surface area (Å²) in [5, 5.41) is 0. The topological polar surface area (TPSA) is 29.5 Å². The zero-order valence-electron chi connectivity index (χ0n) is 11.6. The van der Waals surface area contributed by atoms with Crippen molar-refractivity contribution in [3.63, 3.8) is 0 Å². The van der Waals surface area contributed by atoms with E-state index in [2.05, 4.69) is 25.7 Å². The molecule has 2 fully saturated rings. The number of esters is 1. The number of hydrogen-bond donors (Lipinski definition) is 0. The van der Waals surface area contributed by atoms with Gasteiger partial charge in [-0.05, 0) is 30.1 Å². The molecule has 1 aliphatic heterocycles. The number of carbonyl (C=O) groups excluding carboxylic acids is 1. The summed E-state index contributed by atoms with van der Waals surface area (Å²) in [7, 11) is 1.47. The van der Waals surface area contributed by atoms with Gasteiger partial charge in [-0.2, -0.15) is 0 Å². The van der Waals surface area contributed by atoms with Crippen molar-refractivity contribution >= 4 is 5.97 Å². The maximum Gasteiger partial charge on any atom is 0.306 e. The van der Waals surface area contributed by atoms with E-state index in [0.717, 1.165) is 13.1 Å². The number of methoxy groups -OCH3 is 1.